The smallest absolute Gasteiger partial charge is 0.261 e. The highest BCUT2D eigenvalue weighted by Gasteiger charge is 2.38. The maximum absolute atomic E-state index is 13.1. The molecular weight excluding hydrogens is 407 g/mol. The lowest BCUT2D eigenvalue weighted by molar-refractivity contribution is -0.118. The topological polar surface area (TPSA) is 57.7 Å². The third-order valence-electron chi connectivity index (χ3n) is 5.18. The van der Waals surface area contributed by atoms with Crippen molar-refractivity contribution >= 4 is 48.6 Å². The van der Waals surface area contributed by atoms with Gasteiger partial charge in [0.15, 0.2) is 0 Å². The van der Waals surface area contributed by atoms with Crippen LogP contribution in [0.1, 0.15) is 18.4 Å². The van der Waals surface area contributed by atoms with E-state index in [1.807, 2.05) is 18.2 Å². The molecule has 27 heavy (non-hydrogen) atoms. The van der Waals surface area contributed by atoms with Crippen molar-refractivity contribution in [3.05, 3.63) is 53.1 Å². The molecule has 2 aromatic carbocycles. The summed E-state index contributed by atoms with van der Waals surface area (Å²) in [6.07, 6.45) is 2.67. The lowest BCUT2D eigenvalue weighted by atomic mass is 9.99. The minimum atomic E-state index is -3.77. The van der Waals surface area contributed by atoms with E-state index in [1.165, 1.54) is 17.7 Å². The van der Waals surface area contributed by atoms with Crippen LogP contribution in [-0.4, -0.2) is 33.5 Å². The monoisotopic (exact) mass is 424 g/mol. The average Bonchev–Trinajstić information content (AvgIpc) is 3.01. The standard InChI is InChI=1S/C19H18Cl2N2O3S/c20-14-3-8-17-13(12-14)2-1-10-23(17)18-9-11-22(19(18)24)15-4-6-16(7-5-15)27(21,25)26/h3-8,12,18H,1-2,9-11H2/t18-/m0/s1. The maximum Gasteiger partial charge on any atom is 0.261 e. The fourth-order valence-corrected chi connectivity index (χ4v) is 4.88. The van der Waals surface area contributed by atoms with Gasteiger partial charge in [0.25, 0.3) is 9.05 Å². The Bertz CT molecular complexity index is 993. The van der Waals surface area contributed by atoms with E-state index in [2.05, 4.69) is 4.90 Å². The van der Waals surface area contributed by atoms with Gasteiger partial charge in [0.05, 0.1) is 4.90 Å². The second-order valence-corrected chi connectivity index (χ2v) is 9.80. The van der Waals surface area contributed by atoms with Crippen LogP contribution in [0, 0.1) is 0 Å². The Balaban J connectivity index is 1.58. The number of hydrogen-bond donors (Lipinski definition) is 0. The number of carbonyl (C=O) groups excluding carboxylic acids is 1. The van der Waals surface area contributed by atoms with Gasteiger partial charge in [-0.3, -0.25) is 4.79 Å². The molecule has 2 aliphatic heterocycles. The average molecular weight is 425 g/mol. The maximum atomic E-state index is 13.1. The highest BCUT2D eigenvalue weighted by Crippen LogP contribution is 2.35. The molecule has 1 fully saturated rings. The fourth-order valence-electron chi connectivity index (χ4n) is 3.92. The summed E-state index contributed by atoms with van der Waals surface area (Å²) in [4.78, 5) is 17.0. The van der Waals surface area contributed by atoms with Crippen LogP contribution in [0.5, 0.6) is 0 Å². The second kappa shape index (κ2) is 7.00. The number of fused-ring (bicyclic) bond motifs is 1. The van der Waals surface area contributed by atoms with Gasteiger partial charge in [0.2, 0.25) is 5.91 Å². The van der Waals surface area contributed by atoms with Crippen molar-refractivity contribution in [3.8, 4) is 0 Å². The number of hydrogen-bond acceptors (Lipinski definition) is 4. The molecule has 0 N–H and O–H groups in total. The van der Waals surface area contributed by atoms with Crippen molar-refractivity contribution in [3.63, 3.8) is 0 Å². The van der Waals surface area contributed by atoms with E-state index >= 15 is 0 Å². The predicted molar refractivity (Wildman–Crippen MR) is 107 cm³/mol. The summed E-state index contributed by atoms with van der Waals surface area (Å²) in [6.45, 7) is 1.43. The molecule has 2 heterocycles. The van der Waals surface area contributed by atoms with Crippen molar-refractivity contribution in [2.45, 2.75) is 30.2 Å². The van der Waals surface area contributed by atoms with E-state index in [-0.39, 0.29) is 16.8 Å². The number of rotatable bonds is 3. The molecule has 0 saturated carbocycles. The number of nitrogens with zero attached hydrogens (tertiary/aromatic N) is 2. The first-order chi connectivity index (χ1) is 12.8. The van der Waals surface area contributed by atoms with Gasteiger partial charge in [-0.05, 0) is 67.3 Å². The van der Waals surface area contributed by atoms with Crippen LogP contribution in [0.4, 0.5) is 11.4 Å². The number of benzene rings is 2. The van der Waals surface area contributed by atoms with Crippen molar-refractivity contribution in [2.24, 2.45) is 0 Å². The van der Waals surface area contributed by atoms with Crippen molar-refractivity contribution in [1.29, 1.82) is 0 Å². The Morgan fingerprint density at radius 2 is 1.78 bits per heavy atom. The number of anilines is 2. The minimum Gasteiger partial charge on any atom is -0.359 e. The Kier molecular flexibility index (Phi) is 4.82. The molecule has 0 aliphatic carbocycles. The fraction of sp³-hybridized carbons (Fsp3) is 0.316. The Labute approximate surface area is 167 Å². The second-order valence-electron chi connectivity index (χ2n) is 6.80. The third kappa shape index (κ3) is 3.53. The summed E-state index contributed by atoms with van der Waals surface area (Å²) >= 11 is 6.11. The van der Waals surface area contributed by atoms with Crippen LogP contribution >= 0.6 is 22.3 Å². The molecule has 1 amide bonds. The Morgan fingerprint density at radius 3 is 2.48 bits per heavy atom. The van der Waals surface area contributed by atoms with Crippen molar-refractivity contribution in [2.75, 3.05) is 22.9 Å². The van der Waals surface area contributed by atoms with Crippen molar-refractivity contribution in [1.82, 2.24) is 0 Å². The largest absolute Gasteiger partial charge is 0.359 e. The van der Waals surface area contributed by atoms with Gasteiger partial charge in [-0.2, -0.15) is 0 Å². The first-order valence-corrected chi connectivity index (χ1v) is 11.4. The molecule has 0 radical (unpaired) electrons. The van der Waals surface area contributed by atoms with E-state index in [1.54, 1.807) is 17.0 Å². The first-order valence-electron chi connectivity index (χ1n) is 8.76. The molecule has 0 spiro atoms. The third-order valence-corrected chi connectivity index (χ3v) is 6.78. The zero-order valence-corrected chi connectivity index (χ0v) is 16.8. The highest BCUT2D eigenvalue weighted by atomic mass is 35.7. The predicted octanol–water partition coefficient (Wildman–Crippen LogP) is 3.83. The Hall–Kier alpha value is -1.76. The van der Waals surface area contributed by atoms with Gasteiger partial charge in [0.1, 0.15) is 6.04 Å². The SMILES string of the molecule is O=C1[C@@H](N2CCCc3cc(Cl)ccc32)CCN1c1ccc(S(=O)(=O)Cl)cc1. The van der Waals surface area contributed by atoms with Gasteiger partial charge in [-0.1, -0.05) is 11.6 Å². The zero-order valence-electron chi connectivity index (χ0n) is 14.4. The lowest BCUT2D eigenvalue weighted by Crippen LogP contribution is -2.44. The van der Waals surface area contributed by atoms with Gasteiger partial charge in [-0.25, -0.2) is 8.42 Å². The van der Waals surface area contributed by atoms with Crippen LogP contribution in [0.2, 0.25) is 5.02 Å². The molecule has 1 saturated heterocycles. The van der Waals surface area contributed by atoms with E-state index in [9.17, 15) is 13.2 Å². The van der Waals surface area contributed by atoms with Crippen LogP contribution in [0.3, 0.4) is 0 Å². The molecule has 2 aromatic rings. The van der Waals surface area contributed by atoms with Crippen molar-refractivity contribution < 1.29 is 13.2 Å². The minimum absolute atomic E-state index is 0.0259. The summed E-state index contributed by atoms with van der Waals surface area (Å²) < 4.78 is 22.8. The summed E-state index contributed by atoms with van der Waals surface area (Å²) in [5.74, 6) is 0.0271. The van der Waals surface area contributed by atoms with Gasteiger partial charge in [-0.15, -0.1) is 0 Å². The molecule has 0 bridgehead atoms. The zero-order chi connectivity index (χ0) is 19.2. The van der Waals surface area contributed by atoms with E-state index < -0.39 is 9.05 Å². The lowest BCUT2D eigenvalue weighted by Gasteiger charge is -2.35. The van der Waals surface area contributed by atoms with E-state index in [0.717, 1.165) is 31.5 Å². The van der Waals surface area contributed by atoms with Gasteiger partial charge >= 0.3 is 0 Å². The molecule has 8 heteroatoms. The molecule has 0 aromatic heterocycles. The summed E-state index contributed by atoms with van der Waals surface area (Å²) in [5.41, 5.74) is 2.94. The Morgan fingerprint density at radius 1 is 1.04 bits per heavy atom. The highest BCUT2D eigenvalue weighted by molar-refractivity contribution is 8.13. The summed E-state index contributed by atoms with van der Waals surface area (Å²) in [7, 11) is 1.59. The summed E-state index contributed by atoms with van der Waals surface area (Å²) in [5, 5.41) is 0.712. The molecule has 142 valence electrons. The van der Waals surface area contributed by atoms with Crippen LogP contribution in [0.15, 0.2) is 47.4 Å². The van der Waals surface area contributed by atoms with E-state index in [0.29, 0.717) is 17.3 Å². The number of halogens is 2. The quantitative estimate of drug-likeness (QED) is 0.702. The molecular formula is C19H18Cl2N2O3S. The first kappa shape index (κ1) is 18.6. The molecule has 1 atom stereocenters. The van der Waals surface area contributed by atoms with Gasteiger partial charge < -0.3 is 9.80 Å². The number of aryl methyl sites for hydroxylation is 1. The molecule has 0 unspecified atom stereocenters. The molecule has 5 nitrogen and oxygen atoms in total. The summed E-state index contributed by atoms with van der Waals surface area (Å²) in [6, 6.07) is 11.7. The van der Waals surface area contributed by atoms with Crippen LogP contribution in [0.25, 0.3) is 0 Å². The van der Waals surface area contributed by atoms with Crippen LogP contribution < -0.4 is 9.80 Å². The van der Waals surface area contributed by atoms with Gasteiger partial charge in [0, 0.05) is 40.2 Å². The molecule has 4 rings (SSSR count). The van der Waals surface area contributed by atoms with Crippen LogP contribution in [-0.2, 0) is 20.3 Å². The normalized spacial score (nSPS) is 20.1. The number of amides is 1. The molecule has 2 aliphatic rings. The van der Waals surface area contributed by atoms with E-state index in [4.69, 9.17) is 22.3 Å². The number of carbonyl (C=O) groups is 1.